The first-order valence-electron chi connectivity index (χ1n) is 6.99. The SMILES string of the molecule is CCOC(=O)c1ccc(N2CCNCC2C(=O)NC)nc1. The van der Waals surface area contributed by atoms with Crippen molar-refractivity contribution < 1.29 is 14.3 Å². The summed E-state index contributed by atoms with van der Waals surface area (Å²) in [7, 11) is 1.62. The fourth-order valence-corrected chi connectivity index (χ4v) is 2.27. The number of likely N-dealkylation sites (N-methyl/N-ethyl adjacent to an activating group) is 1. The number of anilines is 1. The van der Waals surface area contributed by atoms with Crippen LogP contribution in [0.5, 0.6) is 0 Å². The molecule has 0 saturated carbocycles. The molecule has 1 saturated heterocycles. The molecule has 21 heavy (non-hydrogen) atoms. The third-order valence-corrected chi connectivity index (χ3v) is 3.35. The lowest BCUT2D eigenvalue weighted by Gasteiger charge is -2.35. The molecule has 1 amide bonds. The molecule has 1 aliphatic rings. The quantitative estimate of drug-likeness (QED) is 0.747. The zero-order valence-corrected chi connectivity index (χ0v) is 12.3. The van der Waals surface area contributed by atoms with Crippen molar-refractivity contribution in [3.8, 4) is 0 Å². The van der Waals surface area contributed by atoms with Crippen LogP contribution in [0.1, 0.15) is 17.3 Å². The van der Waals surface area contributed by atoms with Gasteiger partial charge in [0.05, 0.1) is 12.2 Å². The number of amides is 1. The molecular weight excluding hydrogens is 272 g/mol. The zero-order chi connectivity index (χ0) is 15.2. The number of nitrogens with one attached hydrogen (secondary N) is 2. The van der Waals surface area contributed by atoms with Crippen LogP contribution in [0.2, 0.25) is 0 Å². The third-order valence-electron chi connectivity index (χ3n) is 3.35. The molecule has 7 heteroatoms. The Bertz CT molecular complexity index is 503. The van der Waals surface area contributed by atoms with Gasteiger partial charge in [0.15, 0.2) is 0 Å². The number of esters is 1. The van der Waals surface area contributed by atoms with Gasteiger partial charge in [-0.15, -0.1) is 0 Å². The van der Waals surface area contributed by atoms with Gasteiger partial charge < -0.3 is 20.3 Å². The number of ether oxygens (including phenoxy) is 1. The van der Waals surface area contributed by atoms with Crippen molar-refractivity contribution in [2.45, 2.75) is 13.0 Å². The lowest BCUT2D eigenvalue weighted by molar-refractivity contribution is -0.122. The maximum absolute atomic E-state index is 11.9. The lowest BCUT2D eigenvalue weighted by Crippen LogP contribution is -2.57. The summed E-state index contributed by atoms with van der Waals surface area (Å²) >= 11 is 0. The smallest absolute Gasteiger partial charge is 0.339 e. The van der Waals surface area contributed by atoms with Crippen LogP contribution in [0.15, 0.2) is 18.3 Å². The van der Waals surface area contributed by atoms with Gasteiger partial charge in [-0.2, -0.15) is 0 Å². The van der Waals surface area contributed by atoms with E-state index in [0.717, 1.165) is 6.54 Å². The van der Waals surface area contributed by atoms with Gasteiger partial charge in [0.1, 0.15) is 11.9 Å². The van der Waals surface area contributed by atoms with Gasteiger partial charge in [-0.3, -0.25) is 4.79 Å². The molecule has 1 unspecified atom stereocenters. The number of aromatic nitrogens is 1. The molecule has 2 rings (SSSR count). The summed E-state index contributed by atoms with van der Waals surface area (Å²) in [4.78, 5) is 29.7. The first-order chi connectivity index (χ1) is 10.2. The first-order valence-corrected chi connectivity index (χ1v) is 6.99. The molecule has 1 aliphatic heterocycles. The number of carbonyl (C=O) groups excluding carboxylic acids is 2. The fraction of sp³-hybridized carbons (Fsp3) is 0.500. The van der Waals surface area contributed by atoms with Crippen molar-refractivity contribution in [1.29, 1.82) is 0 Å². The number of hydrogen-bond donors (Lipinski definition) is 2. The van der Waals surface area contributed by atoms with Crippen molar-refractivity contribution in [3.63, 3.8) is 0 Å². The van der Waals surface area contributed by atoms with Gasteiger partial charge in [-0.1, -0.05) is 0 Å². The molecule has 1 atom stereocenters. The molecule has 0 aromatic carbocycles. The molecule has 2 heterocycles. The van der Waals surface area contributed by atoms with Gasteiger partial charge in [-0.05, 0) is 19.1 Å². The van der Waals surface area contributed by atoms with Crippen LogP contribution in [-0.4, -0.2) is 56.2 Å². The summed E-state index contributed by atoms with van der Waals surface area (Å²) in [6.45, 7) is 4.13. The third kappa shape index (κ3) is 3.49. The van der Waals surface area contributed by atoms with Gasteiger partial charge in [0.2, 0.25) is 5.91 Å². The highest BCUT2D eigenvalue weighted by Crippen LogP contribution is 2.16. The Morgan fingerprint density at radius 3 is 2.95 bits per heavy atom. The standard InChI is InChI=1S/C14H20N4O3/c1-3-21-14(20)10-4-5-12(17-8-10)18-7-6-16-9-11(18)13(19)15-2/h4-5,8,11,16H,3,6-7,9H2,1-2H3,(H,15,19). The summed E-state index contributed by atoms with van der Waals surface area (Å²) in [6, 6.07) is 3.11. The second-order valence-electron chi connectivity index (χ2n) is 4.65. The summed E-state index contributed by atoms with van der Waals surface area (Å²) in [5.41, 5.74) is 0.409. The number of pyridine rings is 1. The lowest BCUT2D eigenvalue weighted by atomic mass is 10.1. The van der Waals surface area contributed by atoms with Gasteiger partial charge in [-0.25, -0.2) is 9.78 Å². The Labute approximate surface area is 123 Å². The Morgan fingerprint density at radius 1 is 1.52 bits per heavy atom. The molecule has 0 aliphatic carbocycles. The van der Waals surface area contributed by atoms with Crippen molar-refractivity contribution in [2.24, 2.45) is 0 Å². The molecule has 7 nitrogen and oxygen atoms in total. The van der Waals surface area contributed by atoms with Crippen LogP contribution >= 0.6 is 0 Å². The van der Waals surface area contributed by atoms with Crippen LogP contribution in [0.4, 0.5) is 5.82 Å². The highest BCUT2D eigenvalue weighted by Gasteiger charge is 2.28. The highest BCUT2D eigenvalue weighted by molar-refractivity contribution is 5.89. The molecular formula is C14H20N4O3. The van der Waals surface area contributed by atoms with E-state index < -0.39 is 0 Å². The van der Waals surface area contributed by atoms with E-state index in [0.29, 0.717) is 31.1 Å². The van der Waals surface area contributed by atoms with E-state index in [4.69, 9.17) is 4.74 Å². The molecule has 0 bridgehead atoms. The Kier molecular flexibility index (Phi) is 5.10. The summed E-state index contributed by atoms with van der Waals surface area (Å²) in [5, 5.41) is 5.85. The van der Waals surface area contributed by atoms with Crippen LogP contribution in [0.25, 0.3) is 0 Å². The molecule has 0 spiro atoms. The predicted octanol–water partition coefficient (Wildman–Crippen LogP) is -0.217. The Morgan fingerprint density at radius 2 is 2.33 bits per heavy atom. The first kappa shape index (κ1) is 15.2. The maximum atomic E-state index is 11.9. The molecule has 1 aromatic heterocycles. The summed E-state index contributed by atoms with van der Waals surface area (Å²) in [6.07, 6.45) is 1.48. The van der Waals surface area contributed by atoms with Gasteiger partial charge in [0, 0.05) is 32.9 Å². The maximum Gasteiger partial charge on any atom is 0.339 e. The van der Waals surface area contributed by atoms with Gasteiger partial charge in [0.25, 0.3) is 0 Å². The Hall–Kier alpha value is -2.15. The Balaban J connectivity index is 2.16. The van der Waals surface area contributed by atoms with Gasteiger partial charge >= 0.3 is 5.97 Å². The number of rotatable bonds is 4. The van der Waals surface area contributed by atoms with E-state index in [2.05, 4.69) is 15.6 Å². The number of piperazine rings is 1. The average Bonchev–Trinajstić information content (AvgIpc) is 2.54. The molecule has 1 aromatic rings. The minimum atomic E-state index is -0.389. The van der Waals surface area contributed by atoms with Crippen LogP contribution in [0, 0.1) is 0 Å². The van der Waals surface area contributed by atoms with E-state index >= 15 is 0 Å². The van der Waals surface area contributed by atoms with Crippen molar-refractivity contribution in [3.05, 3.63) is 23.9 Å². The minimum Gasteiger partial charge on any atom is -0.462 e. The van der Waals surface area contributed by atoms with E-state index in [1.54, 1.807) is 26.1 Å². The zero-order valence-electron chi connectivity index (χ0n) is 12.3. The average molecular weight is 292 g/mol. The fourth-order valence-electron chi connectivity index (χ4n) is 2.27. The predicted molar refractivity (Wildman–Crippen MR) is 78.3 cm³/mol. The van der Waals surface area contributed by atoms with Crippen LogP contribution < -0.4 is 15.5 Å². The molecule has 114 valence electrons. The van der Waals surface area contributed by atoms with E-state index in [1.165, 1.54) is 6.20 Å². The van der Waals surface area contributed by atoms with E-state index in [1.807, 2.05) is 4.90 Å². The second-order valence-corrected chi connectivity index (χ2v) is 4.65. The highest BCUT2D eigenvalue weighted by atomic mass is 16.5. The van der Waals surface area contributed by atoms with E-state index in [-0.39, 0.29) is 17.9 Å². The second kappa shape index (κ2) is 7.03. The topological polar surface area (TPSA) is 83.6 Å². The van der Waals surface area contributed by atoms with Crippen molar-refractivity contribution in [1.82, 2.24) is 15.6 Å². The number of nitrogens with zero attached hydrogens (tertiary/aromatic N) is 2. The molecule has 1 fully saturated rings. The molecule has 0 radical (unpaired) electrons. The van der Waals surface area contributed by atoms with Crippen LogP contribution in [0.3, 0.4) is 0 Å². The summed E-state index contributed by atoms with van der Waals surface area (Å²) in [5.74, 6) is 0.233. The molecule has 2 N–H and O–H groups in total. The number of hydrogen-bond acceptors (Lipinski definition) is 6. The normalized spacial score (nSPS) is 18.2. The summed E-state index contributed by atoms with van der Waals surface area (Å²) < 4.78 is 4.92. The van der Waals surface area contributed by atoms with Crippen molar-refractivity contribution >= 4 is 17.7 Å². The van der Waals surface area contributed by atoms with Crippen LogP contribution in [-0.2, 0) is 9.53 Å². The van der Waals surface area contributed by atoms with Crippen molar-refractivity contribution in [2.75, 3.05) is 38.2 Å². The van der Waals surface area contributed by atoms with E-state index in [9.17, 15) is 9.59 Å². The monoisotopic (exact) mass is 292 g/mol. The minimum absolute atomic E-state index is 0.0570. The largest absolute Gasteiger partial charge is 0.462 e. The number of carbonyl (C=O) groups is 2.